The van der Waals surface area contributed by atoms with Crippen LogP contribution in [0.3, 0.4) is 0 Å². The number of nitrogens with one attached hydrogen (secondary N) is 1. The van der Waals surface area contributed by atoms with Gasteiger partial charge in [0.1, 0.15) is 17.4 Å². The Morgan fingerprint density at radius 1 is 1.19 bits per heavy atom. The first-order valence-corrected chi connectivity index (χ1v) is 11.5. The molecule has 36 heavy (non-hydrogen) atoms. The van der Waals surface area contributed by atoms with Crippen LogP contribution in [0.15, 0.2) is 30.7 Å². The first-order chi connectivity index (χ1) is 17.2. The van der Waals surface area contributed by atoms with Gasteiger partial charge in [-0.25, -0.2) is 4.98 Å². The van der Waals surface area contributed by atoms with E-state index in [0.717, 1.165) is 35.9 Å². The summed E-state index contributed by atoms with van der Waals surface area (Å²) in [5.74, 6) is 1.13. The summed E-state index contributed by atoms with van der Waals surface area (Å²) in [6, 6.07) is 1.90. The van der Waals surface area contributed by atoms with Gasteiger partial charge in [0.25, 0.3) is 5.91 Å². The quantitative estimate of drug-likeness (QED) is 0.526. The highest BCUT2D eigenvalue weighted by Gasteiger charge is 2.41. The number of carbonyl (C=O) groups is 1. The molecule has 0 saturated heterocycles. The van der Waals surface area contributed by atoms with Crippen molar-refractivity contribution in [3.05, 3.63) is 53.2 Å². The number of amides is 1. The van der Waals surface area contributed by atoms with Crippen molar-refractivity contribution in [1.29, 1.82) is 0 Å². The molecule has 10 nitrogen and oxygen atoms in total. The number of nitrogens with zero attached hydrogens (tertiary/aromatic N) is 7. The van der Waals surface area contributed by atoms with E-state index in [1.807, 2.05) is 11.9 Å². The zero-order chi connectivity index (χ0) is 25.4. The smallest absolute Gasteiger partial charge is 0.382 e. The SMILES string of the molecule is COC[C@H]1C(=O)N2CCCc3nc(NCc4cnn(Cc5ccc(C(F)(F)F)nc5)c4)nc(c32)N1C. The molecule has 0 aromatic carbocycles. The monoisotopic (exact) mass is 502 g/mol. The highest BCUT2D eigenvalue weighted by Crippen LogP contribution is 2.39. The molecule has 2 aliphatic rings. The number of halogens is 3. The van der Waals surface area contributed by atoms with Crippen LogP contribution in [0.1, 0.15) is 28.9 Å². The molecule has 190 valence electrons. The van der Waals surface area contributed by atoms with Crippen molar-refractivity contribution in [2.45, 2.75) is 38.1 Å². The van der Waals surface area contributed by atoms with E-state index in [9.17, 15) is 18.0 Å². The Kier molecular flexibility index (Phi) is 6.24. The summed E-state index contributed by atoms with van der Waals surface area (Å²) in [6.45, 7) is 1.59. The minimum Gasteiger partial charge on any atom is -0.382 e. The molecule has 5 rings (SSSR count). The van der Waals surface area contributed by atoms with Crippen molar-refractivity contribution < 1.29 is 22.7 Å². The maximum Gasteiger partial charge on any atom is 0.433 e. The van der Waals surface area contributed by atoms with Crippen LogP contribution >= 0.6 is 0 Å². The van der Waals surface area contributed by atoms with Crippen LogP contribution in [0.5, 0.6) is 0 Å². The number of methoxy groups -OCH3 is 1. The summed E-state index contributed by atoms with van der Waals surface area (Å²) < 4.78 is 45.0. The number of hydrogen-bond acceptors (Lipinski definition) is 8. The molecule has 0 bridgehead atoms. The number of alkyl halides is 3. The van der Waals surface area contributed by atoms with Gasteiger partial charge < -0.3 is 19.9 Å². The molecule has 13 heteroatoms. The van der Waals surface area contributed by atoms with Crippen molar-refractivity contribution in [1.82, 2.24) is 24.7 Å². The Morgan fingerprint density at radius 2 is 2.03 bits per heavy atom. The van der Waals surface area contributed by atoms with Crippen LogP contribution in [0.25, 0.3) is 0 Å². The lowest BCUT2D eigenvalue weighted by atomic mass is 10.0. The molecule has 0 fully saturated rings. The summed E-state index contributed by atoms with van der Waals surface area (Å²) in [5.41, 5.74) is 2.13. The van der Waals surface area contributed by atoms with E-state index < -0.39 is 17.9 Å². The molecule has 3 aromatic heterocycles. The average Bonchev–Trinajstić information content (AvgIpc) is 3.30. The normalized spacial score (nSPS) is 17.4. The molecule has 1 N–H and O–H groups in total. The lowest BCUT2D eigenvalue weighted by Crippen LogP contribution is -2.56. The Morgan fingerprint density at radius 3 is 2.75 bits per heavy atom. The van der Waals surface area contributed by atoms with Crippen LogP contribution in [0.2, 0.25) is 0 Å². The third kappa shape index (κ3) is 4.57. The molecular weight excluding hydrogens is 477 g/mol. The van der Waals surface area contributed by atoms with Gasteiger partial charge in [-0.1, -0.05) is 6.07 Å². The van der Waals surface area contributed by atoms with E-state index in [2.05, 4.69) is 20.4 Å². The van der Waals surface area contributed by atoms with E-state index in [1.165, 1.54) is 12.3 Å². The first-order valence-electron chi connectivity index (χ1n) is 11.5. The van der Waals surface area contributed by atoms with Crippen molar-refractivity contribution >= 4 is 23.4 Å². The summed E-state index contributed by atoms with van der Waals surface area (Å²) in [5, 5.41) is 7.52. The Labute approximate surface area is 205 Å². The van der Waals surface area contributed by atoms with Gasteiger partial charge in [-0.05, 0) is 24.5 Å². The fraction of sp³-hybridized carbons (Fsp3) is 0.435. The molecule has 5 heterocycles. The predicted molar refractivity (Wildman–Crippen MR) is 125 cm³/mol. The topological polar surface area (TPSA) is 101 Å². The number of carbonyl (C=O) groups excluding carboxylic acids is 1. The minimum absolute atomic E-state index is 0.00669. The molecule has 0 unspecified atom stereocenters. The molecule has 3 aromatic rings. The number of hydrogen-bond donors (Lipinski definition) is 1. The second-order valence-corrected chi connectivity index (χ2v) is 8.79. The summed E-state index contributed by atoms with van der Waals surface area (Å²) in [4.78, 5) is 29.4. The van der Waals surface area contributed by atoms with Gasteiger partial charge in [-0.2, -0.15) is 23.3 Å². The van der Waals surface area contributed by atoms with Gasteiger partial charge in [0.2, 0.25) is 5.95 Å². The number of aromatic nitrogens is 5. The minimum atomic E-state index is -4.46. The Bertz CT molecular complexity index is 1260. The van der Waals surface area contributed by atoms with Crippen LogP contribution in [-0.4, -0.2) is 64.0 Å². The predicted octanol–water partition coefficient (Wildman–Crippen LogP) is 2.49. The number of likely N-dealkylation sites (N-methyl/N-ethyl adjacent to an activating group) is 1. The number of ether oxygens (including phenoxy) is 1. The molecular formula is C23H25F3N8O2. The largest absolute Gasteiger partial charge is 0.433 e. The van der Waals surface area contributed by atoms with Crippen molar-refractivity contribution in [3.8, 4) is 0 Å². The molecule has 0 saturated carbocycles. The van der Waals surface area contributed by atoms with Crippen LogP contribution in [0.4, 0.5) is 30.6 Å². The molecule has 1 atom stereocenters. The van der Waals surface area contributed by atoms with Crippen LogP contribution in [0, 0.1) is 0 Å². The summed E-state index contributed by atoms with van der Waals surface area (Å²) in [6.07, 6.45) is 1.79. The van der Waals surface area contributed by atoms with Crippen LogP contribution < -0.4 is 15.1 Å². The second-order valence-electron chi connectivity index (χ2n) is 8.79. The molecule has 2 aliphatic heterocycles. The van der Waals surface area contributed by atoms with Crippen molar-refractivity contribution in [2.75, 3.05) is 42.4 Å². The number of pyridine rings is 1. The number of anilines is 3. The van der Waals surface area contributed by atoms with Crippen LogP contribution in [-0.2, 0) is 35.2 Å². The Hall–Kier alpha value is -3.74. The van der Waals surface area contributed by atoms with E-state index in [4.69, 9.17) is 9.72 Å². The van der Waals surface area contributed by atoms with E-state index >= 15 is 0 Å². The lowest BCUT2D eigenvalue weighted by Gasteiger charge is -2.42. The fourth-order valence-corrected chi connectivity index (χ4v) is 4.47. The molecule has 1 amide bonds. The molecule has 0 radical (unpaired) electrons. The van der Waals surface area contributed by atoms with E-state index in [1.54, 1.807) is 29.1 Å². The summed E-state index contributed by atoms with van der Waals surface area (Å²) >= 11 is 0. The van der Waals surface area contributed by atoms with Gasteiger partial charge in [-0.15, -0.1) is 0 Å². The first kappa shape index (κ1) is 24.0. The summed E-state index contributed by atoms with van der Waals surface area (Å²) in [7, 11) is 3.40. The van der Waals surface area contributed by atoms with Gasteiger partial charge in [0.15, 0.2) is 5.82 Å². The highest BCUT2D eigenvalue weighted by atomic mass is 19.4. The maximum atomic E-state index is 13.0. The zero-order valence-corrected chi connectivity index (χ0v) is 19.8. The maximum absolute atomic E-state index is 13.0. The van der Waals surface area contributed by atoms with Gasteiger partial charge in [0, 0.05) is 45.2 Å². The zero-order valence-electron chi connectivity index (χ0n) is 19.8. The van der Waals surface area contributed by atoms with E-state index in [0.29, 0.717) is 37.0 Å². The fourth-order valence-electron chi connectivity index (χ4n) is 4.47. The highest BCUT2D eigenvalue weighted by molar-refractivity contribution is 6.05. The van der Waals surface area contributed by atoms with Gasteiger partial charge in [-0.3, -0.25) is 14.5 Å². The Balaban J connectivity index is 1.29. The number of aryl methyl sites for hydroxylation is 1. The molecule has 0 aliphatic carbocycles. The van der Waals surface area contributed by atoms with Gasteiger partial charge in [0.05, 0.1) is 25.0 Å². The van der Waals surface area contributed by atoms with Crippen molar-refractivity contribution in [2.24, 2.45) is 0 Å². The standard InChI is InChI=1S/C23H25F3N8O2/c1-32-17(13-36-2)21(35)34-7-3-4-16-19(34)20(32)31-22(30-16)28-9-15-10-29-33(12-15)11-14-5-6-18(27-8-14)23(24,25)26/h5-6,8,10,12,17H,3-4,7,9,11,13H2,1-2H3,(H,28,30,31)/t17-/m0/s1. The number of rotatable bonds is 7. The molecule has 0 spiro atoms. The lowest BCUT2D eigenvalue weighted by molar-refractivity contribution is -0.141. The second kappa shape index (κ2) is 9.37. The third-order valence-electron chi connectivity index (χ3n) is 6.28. The third-order valence-corrected chi connectivity index (χ3v) is 6.28. The van der Waals surface area contributed by atoms with Crippen molar-refractivity contribution in [3.63, 3.8) is 0 Å². The van der Waals surface area contributed by atoms with E-state index in [-0.39, 0.29) is 12.5 Å². The average molecular weight is 503 g/mol. The van der Waals surface area contributed by atoms with Gasteiger partial charge >= 0.3 is 6.18 Å².